The van der Waals surface area contributed by atoms with Crippen LogP contribution in [0.1, 0.15) is 43.0 Å². The zero-order chi connectivity index (χ0) is 23.7. The van der Waals surface area contributed by atoms with Crippen molar-refractivity contribution >= 4 is 11.1 Å². The van der Waals surface area contributed by atoms with Gasteiger partial charge in [-0.3, -0.25) is 6.08 Å². The van der Waals surface area contributed by atoms with Crippen LogP contribution in [0, 0.1) is 25.8 Å². The molecule has 0 N–H and O–H groups in total. The van der Waals surface area contributed by atoms with Gasteiger partial charge >= 0.3 is 0 Å². The van der Waals surface area contributed by atoms with Gasteiger partial charge in [-0.1, -0.05) is 79.7 Å². The van der Waals surface area contributed by atoms with Crippen molar-refractivity contribution in [3.8, 4) is 11.1 Å². The number of hydrogen-bond donors (Lipinski definition) is 0. The smallest absolute Gasteiger partial charge is 0 e. The van der Waals surface area contributed by atoms with E-state index in [-0.39, 0.29) is 32.7 Å². The zero-order valence-electron chi connectivity index (χ0n) is 20.8. The minimum absolute atomic E-state index is 0. The van der Waals surface area contributed by atoms with Crippen LogP contribution in [-0.4, -0.2) is 0 Å². The molecule has 0 aliphatic heterocycles. The number of allylic oxidation sites excluding steroid dienone is 5. The molecule has 3 aromatic rings. The van der Waals surface area contributed by atoms with E-state index >= 15 is 0 Å². The first-order valence-electron chi connectivity index (χ1n) is 11.0. The Morgan fingerprint density at radius 2 is 1.33 bits per heavy atom. The van der Waals surface area contributed by atoms with Crippen LogP contribution in [0.25, 0.3) is 22.3 Å². The maximum absolute atomic E-state index is 3.70. The molecule has 0 spiro atoms. The van der Waals surface area contributed by atoms with E-state index in [9.17, 15) is 0 Å². The molecule has 0 aliphatic rings. The van der Waals surface area contributed by atoms with Crippen molar-refractivity contribution in [3.63, 3.8) is 0 Å². The largest absolute Gasteiger partial charge is 0.255 e. The molecule has 0 fully saturated rings. The Bertz CT molecular complexity index is 1120. The van der Waals surface area contributed by atoms with Crippen molar-refractivity contribution in [2.45, 2.75) is 34.6 Å². The van der Waals surface area contributed by atoms with Gasteiger partial charge in [-0.2, -0.15) is 6.58 Å². The molecule has 3 aromatic carbocycles. The Hall–Kier alpha value is -2.28. The van der Waals surface area contributed by atoms with Crippen molar-refractivity contribution in [2.75, 3.05) is 0 Å². The topological polar surface area (TPSA) is 0 Å². The van der Waals surface area contributed by atoms with Gasteiger partial charge in [-0.15, -0.1) is 6.58 Å². The molecule has 0 aromatic heterocycles. The fourth-order valence-corrected chi connectivity index (χ4v) is 3.44. The zero-order valence-corrected chi connectivity index (χ0v) is 23.6. The van der Waals surface area contributed by atoms with Gasteiger partial charge in [0.25, 0.3) is 0 Å². The van der Waals surface area contributed by atoms with E-state index in [1.807, 2.05) is 13.0 Å². The third-order valence-corrected chi connectivity index (χ3v) is 6.01. The molecule has 3 rings (SSSR count). The summed E-state index contributed by atoms with van der Waals surface area (Å²) in [7, 11) is 0. The fraction of sp³-hybridized carbons (Fsp3) is 0.188. The number of rotatable bonds is 6. The second kappa shape index (κ2) is 14.1. The molecular formula is C32H35Y-. The van der Waals surface area contributed by atoms with Crippen LogP contribution in [0.4, 0.5) is 0 Å². The molecule has 167 valence electrons. The van der Waals surface area contributed by atoms with E-state index < -0.39 is 0 Å². The minimum Gasteiger partial charge on any atom is -0.255 e. The summed E-state index contributed by atoms with van der Waals surface area (Å²) >= 11 is 0. The summed E-state index contributed by atoms with van der Waals surface area (Å²) in [6, 6.07) is 26.0. The van der Waals surface area contributed by atoms with Crippen molar-refractivity contribution in [2.24, 2.45) is 5.92 Å². The molecule has 0 aliphatic carbocycles. The average Bonchev–Trinajstić information content (AvgIpc) is 2.83. The van der Waals surface area contributed by atoms with Gasteiger partial charge < -0.3 is 0 Å². The molecule has 0 amide bonds. The van der Waals surface area contributed by atoms with Crippen LogP contribution in [-0.2, 0) is 32.7 Å². The summed E-state index contributed by atoms with van der Waals surface area (Å²) in [5, 5.41) is 0. The van der Waals surface area contributed by atoms with Gasteiger partial charge in [0.05, 0.1) is 0 Å². The molecule has 0 saturated carbocycles. The first-order valence-corrected chi connectivity index (χ1v) is 11.0. The Kier molecular flexibility index (Phi) is 12.3. The molecule has 0 saturated heterocycles. The average molecular weight is 509 g/mol. The quantitative estimate of drug-likeness (QED) is 0.135. The molecule has 33 heavy (non-hydrogen) atoms. The van der Waals surface area contributed by atoms with E-state index in [2.05, 4.69) is 126 Å². The minimum atomic E-state index is 0. The monoisotopic (exact) mass is 508 g/mol. The SMILES string of the molecule is C/C(=C(\C)c1ccc(C)c(-c2ccccc2C)c1)c1ccccc1.C=[C-]C(=C)C(C)C=C.[Y]. The van der Waals surface area contributed by atoms with Gasteiger partial charge in [-0.25, -0.2) is 12.2 Å². The number of hydrogen-bond acceptors (Lipinski definition) is 0. The van der Waals surface area contributed by atoms with Crippen LogP contribution in [0.15, 0.2) is 104 Å². The van der Waals surface area contributed by atoms with Crippen LogP contribution >= 0.6 is 0 Å². The second-order valence-corrected chi connectivity index (χ2v) is 8.19. The summed E-state index contributed by atoms with van der Waals surface area (Å²) in [5.41, 5.74) is 11.4. The molecule has 0 bridgehead atoms. The van der Waals surface area contributed by atoms with Crippen LogP contribution < -0.4 is 0 Å². The number of benzene rings is 3. The van der Waals surface area contributed by atoms with Gasteiger partial charge in [0.1, 0.15) is 0 Å². The predicted octanol–water partition coefficient (Wildman–Crippen LogP) is 9.27. The van der Waals surface area contributed by atoms with Crippen LogP contribution in [0.2, 0.25) is 0 Å². The van der Waals surface area contributed by atoms with Crippen molar-refractivity contribution in [3.05, 3.63) is 133 Å². The van der Waals surface area contributed by atoms with Gasteiger partial charge in [0.15, 0.2) is 0 Å². The first kappa shape index (κ1) is 28.8. The fourth-order valence-electron chi connectivity index (χ4n) is 3.44. The Balaban J connectivity index is 0.000000523. The third kappa shape index (κ3) is 7.92. The summed E-state index contributed by atoms with van der Waals surface area (Å²) in [5.74, 6) is 0.312. The normalized spacial score (nSPS) is 11.7. The molecule has 1 heteroatoms. The second-order valence-electron chi connectivity index (χ2n) is 8.19. The maximum Gasteiger partial charge on any atom is 0 e. The van der Waals surface area contributed by atoms with Crippen molar-refractivity contribution < 1.29 is 32.7 Å². The Labute approximate surface area is 226 Å². The summed E-state index contributed by atoms with van der Waals surface area (Å²) < 4.78 is 0. The summed E-state index contributed by atoms with van der Waals surface area (Å²) in [4.78, 5) is 0. The summed E-state index contributed by atoms with van der Waals surface area (Å²) in [6.07, 6.45) is 4.52. The molecule has 1 atom stereocenters. The Morgan fingerprint density at radius 3 is 1.88 bits per heavy atom. The first-order chi connectivity index (χ1) is 15.3. The van der Waals surface area contributed by atoms with Crippen molar-refractivity contribution in [1.82, 2.24) is 0 Å². The van der Waals surface area contributed by atoms with Gasteiger partial charge in [0, 0.05) is 32.7 Å². The van der Waals surface area contributed by atoms with Crippen LogP contribution in [0.5, 0.6) is 0 Å². The molecule has 1 radical (unpaired) electrons. The molecule has 0 heterocycles. The maximum atomic E-state index is 3.70. The van der Waals surface area contributed by atoms with Crippen molar-refractivity contribution in [1.29, 1.82) is 0 Å². The number of aryl methyl sites for hydroxylation is 2. The van der Waals surface area contributed by atoms with E-state index in [1.165, 1.54) is 44.5 Å². The molecular weight excluding hydrogens is 473 g/mol. The standard InChI is InChI=1S/C24H24.C8H11.Y/c1-17-10-8-9-13-23(17)24-16-22(15-14-18(24)2)20(4)19(3)21-11-6-5-7-12-21;1-5-7(3)8(4)6-2;/h5-16H,1-4H3;6,8H,1-3H2,4H3;/q;-1;/b20-19-;;. The summed E-state index contributed by atoms with van der Waals surface area (Å²) in [6.45, 7) is 21.6. The third-order valence-electron chi connectivity index (χ3n) is 6.01. The van der Waals surface area contributed by atoms with Crippen LogP contribution in [0.3, 0.4) is 0 Å². The van der Waals surface area contributed by atoms with E-state index in [0.717, 1.165) is 5.57 Å². The molecule has 1 unspecified atom stereocenters. The van der Waals surface area contributed by atoms with Gasteiger partial charge in [-0.05, 0) is 84.2 Å². The molecule has 0 nitrogen and oxygen atoms in total. The van der Waals surface area contributed by atoms with E-state index in [1.54, 1.807) is 0 Å². The van der Waals surface area contributed by atoms with Gasteiger partial charge in [0.2, 0.25) is 0 Å². The predicted molar refractivity (Wildman–Crippen MR) is 143 cm³/mol. The van der Waals surface area contributed by atoms with E-state index in [4.69, 9.17) is 0 Å². The van der Waals surface area contributed by atoms with E-state index in [0.29, 0.717) is 5.92 Å². The Morgan fingerprint density at radius 1 is 0.788 bits per heavy atom.